The third kappa shape index (κ3) is 2.67. The molecule has 0 fully saturated rings. The molecule has 1 nitrogen and oxygen atoms in total. The molecule has 0 aromatic heterocycles. The largest absolute Gasteiger partial charge is 0.546 e. The van der Waals surface area contributed by atoms with E-state index < -0.39 is 8.32 Å². The molecule has 0 spiro atoms. The van der Waals surface area contributed by atoms with E-state index in [1.54, 1.807) is 11.1 Å². The first-order chi connectivity index (χ1) is 7.79. The van der Waals surface area contributed by atoms with Crippen LogP contribution in [0.2, 0.25) is 18.1 Å². The lowest BCUT2D eigenvalue weighted by atomic mass is 9.94. The maximum atomic E-state index is 6.41. The Hall–Kier alpha value is -0.503. The minimum atomic E-state index is -1.63. The first-order valence-electron chi connectivity index (χ1n) is 6.90. The summed E-state index contributed by atoms with van der Waals surface area (Å²) in [6.07, 6.45) is 8.76. The van der Waals surface area contributed by atoms with Gasteiger partial charge in [-0.2, -0.15) is 0 Å². The monoisotopic (exact) mass is 250 g/mol. The van der Waals surface area contributed by atoms with E-state index in [4.69, 9.17) is 4.43 Å². The molecular weight excluding hydrogens is 224 g/mol. The number of hydrogen-bond donors (Lipinski definition) is 0. The summed E-state index contributed by atoms with van der Waals surface area (Å²) in [5.74, 6) is 1.25. The van der Waals surface area contributed by atoms with Crippen LogP contribution in [0.3, 0.4) is 0 Å². The van der Waals surface area contributed by atoms with E-state index in [1.807, 2.05) is 0 Å². The molecular formula is C15H26OSi. The summed E-state index contributed by atoms with van der Waals surface area (Å²) in [5.41, 5.74) is 3.25. The lowest BCUT2D eigenvalue weighted by molar-refractivity contribution is 0.376. The van der Waals surface area contributed by atoms with Crippen LogP contribution in [-0.2, 0) is 4.43 Å². The van der Waals surface area contributed by atoms with Crippen LogP contribution in [0.15, 0.2) is 23.0 Å². The minimum absolute atomic E-state index is 0.303. The summed E-state index contributed by atoms with van der Waals surface area (Å²) in [6.45, 7) is 11.6. The van der Waals surface area contributed by atoms with Crippen LogP contribution in [0.25, 0.3) is 0 Å². The molecule has 0 saturated heterocycles. The van der Waals surface area contributed by atoms with Gasteiger partial charge in [0, 0.05) is 6.42 Å². The Balaban J connectivity index is 2.04. The molecule has 0 aromatic rings. The molecule has 0 heterocycles. The van der Waals surface area contributed by atoms with Gasteiger partial charge in [-0.3, -0.25) is 0 Å². The van der Waals surface area contributed by atoms with Gasteiger partial charge in [-0.05, 0) is 55.5 Å². The fourth-order valence-electron chi connectivity index (χ4n) is 2.37. The molecule has 0 amide bonds. The van der Waals surface area contributed by atoms with Gasteiger partial charge >= 0.3 is 0 Å². The third-order valence-corrected chi connectivity index (χ3v) is 8.93. The van der Waals surface area contributed by atoms with Crippen molar-refractivity contribution < 1.29 is 4.43 Å². The van der Waals surface area contributed by atoms with E-state index in [1.165, 1.54) is 31.4 Å². The van der Waals surface area contributed by atoms with Crippen LogP contribution in [0, 0.1) is 0 Å². The van der Waals surface area contributed by atoms with Crippen LogP contribution >= 0.6 is 0 Å². The molecule has 0 unspecified atom stereocenters. The summed E-state index contributed by atoms with van der Waals surface area (Å²) in [5, 5.41) is 0.303. The van der Waals surface area contributed by atoms with E-state index in [0.717, 1.165) is 6.42 Å². The van der Waals surface area contributed by atoms with Crippen molar-refractivity contribution in [2.24, 2.45) is 0 Å². The van der Waals surface area contributed by atoms with Gasteiger partial charge in [0.1, 0.15) is 0 Å². The topological polar surface area (TPSA) is 9.23 Å². The molecule has 0 atom stereocenters. The second kappa shape index (κ2) is 4.31. The van der Waals surface area contributed by atoms with Crippen molar-refractivity contribution in [3.63, 3.8) is 0 Å². The van der Waals surface area contributed by atoms with Gasteiger partial charge in [0.2, 0.25) is 8.32 Å². The SMILES string of the molecule is CC(C)(C)[Si](C)(C)OC1=CC2=C(CCCC2)C1. The zero-order chi connectivity index (χ0) is 12.7. The summed E-state index contributed by atoms with van der Waals surface area (Å²) < 4.78 is 6.41. The van der Waals surface area contributed by atoms with Crippen molar-refractivity contribution in [1.82, 2.24) is 0 Å². The molecule has 2 heteroatoms. The minimum Gasteiger partial charge on any atom is -0.546 e. The van der Waals surface area contributed by atoms with Crippen molar-refractivity contribution in [3.05, 3.63) is 23.0 Å². The zero-order valence-electron chi connectivity index (χ0n) is 12.0. The van der Waals surface area contributed by atoms with Gasteiger partial charge in [-0.25, -0.2) is 0 Å². The number of allylic oxidation sites excluding steroid dienone is 3. The van der Waals surface area contributed by atoms with Crippen LogP contribution in [-0.4, -0.2) is 8.32 Å². The molecule has 2 rings (SSSR count). The van der Waals surface area contributed by atoms with E-state index in [9.17, 15) is 0 Å². The molecule has 0 saturated carbocycles. The summed E-state index contributed by atoms with van der Waals surface area (Å²) >= 11 is 0. The predicted molar refractivity (Wildman–Crippen MR) is 76.5 cm³/mol. The second-order valence-electron chi connectivity index (χ2n) is 6.99. The average Bonchev–Trinajstić information content (AvgIpc) is 2.56. The van der Waals surface area contributed by atoms with Gasteiger partial charge in [-0.15, -0.1) is 0 Å². The zero-order valence-corrected chi connectivity index (χ0v) is 13.0. The lowest BCUT2D eigenvalue weighted by Gasteiger charge is -2.37. The van der Waals surface area contributed by atoms with Crippen molar-refractivity contribution in [2.75, 3.05) is 0 Å². The van der Waals surface area contributed by atoms with E-state index in [-0.39, 0.29) is 0 Å². The normalized spacial score (nSPS) is 21.4. The smallest absolute Gasteiger partial charge is 0.250 e. The third-order valence-electron chi connectivity index (χ3n) is 4.54. The molecule has 0 radical (unpaired) electrons. The fraction of sp³-hybridized carbons (Fsp3) is 0.733. The highest BCUT2D eigenvalue weighted by atomic mass is 28.4. The highest BCUT2D eigenvalue weighted by Gasteiger charge is 2.40. The predicted octanol–water partition coefficient (Wildman–Crippen LogP) is 5.17. The highest BCUT2D eigenvalue weighted by Crippen LogP contribution is 2.42. The lowest BCUT2D eigenvalue weighted by Crippen LogP contribution is -2.40. The molecule has 0 N–H and O–H groups in total. The Morgan fingerprint density at radius 3 is 2.35 bits per heavy atom. The Morgan fingerprint density at radius 1 is 1.12 bits per heavy atom. The average molecular weight is 250 g/mol. The first-order valence-corrected chi connectivity index (χ1v) is 9.81. The van der Waals surface area contributed by atoms with Gasteiger partial charge in [-0.1, -0.05) is 26.3 Å². The van der Waals surface area contributed by atoms with Crippen molar-refractivity contribution in [3.8, 4) is 0 Å². The maximum absolute atomic E-state index is 6.41. The van der Waals surface area contributed by atoms with Crippen molar-refractivity contribution in [1.29, 1.82) is 0 Å². The Morgan fingerprint density at radius 2 is 1.76 bits per heavy atom. The maximum Gasteiger partial charge on any atom is 0.250 e. The molecule has 0 aliphatic heterocycles. The van der Waals surface area contributed by atoms with Crippen molar-refractivity contribution in [2.45, 2.75) is 71.0 Å². The van der Waals surface area contributed by atoms with Gasteiger partial charge in [0.15, 0.2) is 0 Å². The summed E-state index contributed by atoms with van der Waals surface area (Å²) in [4.78, 5) is 0. The van der Waals surface area contributed by atoms with Gasteiger partial charge in [0.05, 0.1) is 5.76 Å². The number of hydrogen-bond acceptors (Lipinski definition) is 1. The summed E-state index contributed by atoms with van der Waals surface area (Å²) in [6, 6.07) is 0. The van der Waals surface area contributed by atoms with Crippen LogP contribution in [0.5, 0.6) is 0 Å². The summed E-state index contributed by atoms with van der Waals surface area (Å²) in [7, 11) is -1.63. The van der Waals surface area contributed by atoms with Crippen LogP contribution in [0.1, 0.15) is 52.9 Å². The molecule has 0 bridgehead atoms. The molecule has 96 valence electrons. The Kier molecular flexibility index (Phi) is 3.28. The molecule has 17 heavy (non-hydrogen) atoms. The second-order valence-corrected chi connectivity index (χ2v) is 11.7. The fourth-order valence-corrected chi connectivity index (χ4v) is 3.46. The van der Waals surface area contributed by atoms with Crippen molar-refractivity contribution >= 4 is 8.32 Å². The number of rotatable bonds is 2. The standard InChI is InChI=1S/C15H26OSi/c1-15(2,3)17(4,5)16-14-10-12-8-6-7-9-13(12)11-14/h10H,6-9,11H2,1-5H3. The molecule has 0 aromatic carbocycles. The van der Waals surface area contributed by atoms with Gasteiger partial charge in [0.25, 0.3) is 0 Å². The van der Waals surface area contributed by atoms with E-state index in [2.05, 4.69) is 39.9 Å². The molecule has 2 aliphatic rings. The highest BCUT2D eigenvalue weighted by molar-refractivity contribution is 6.74. The Bertz CT molecular complexity index is 369. The van der Waals surface area contributed by atoms with Crippen LogP contribution < -0.4 is 0 Å². The van der Waals surface area contributed by atoms with Gasteiger partial charge < -0.3 is 4.43 Å². The van der Waals surface area contributed by atoms with E-state index >= 15 is 0 Å². The first kappa shape index (κ1) is 12.9. The van der Waals surface area contributed by atoms with Crippen LogP contribution in [0.4, 0.5) is 0 Å². The Labute approximate surface area is 107 Å². The van der Waals surface area contributed by atoms with E-state index in [0.29, 0.717) is 5.04 Å². The quantitative estimate of drug-likeness (QED) is 0.615. The molecule has 2 aliphatic carbocycles.